The Labute approximate surface area is 172 Å². The third-order valence-electron chi connectivity index (χ3n) is 4.31. The standard InChI is InChI=1S/C22H18FN5O2/c23-19-6-8-20(9-7-19)30-21-10-3-17(11-25-21)12-26-22(29)18-4-1-16(2-5-18)13-28-15-24-14-27-28/h1-11,14-15H,12-13H2,(H,26,29). The van der Waals surface area contributed by atoms with Crippen LogP contribution in [-0.4, -0.2) is 25.7 Å². The van der Waals surface area contributed by atoms with E-state index in [1.807, 2.05) is 18.2 Å². The monoisotopic (exact) mass is 403 g/mol. The molecular formula is C22H18FN5O2. The predicted octanol–water partition coefficient (Wildman–Crippen LogP) is 3.58. The first-order valence-electron chi connectivity index (χ1n) is 9.23. The number of ether oxygens (including phenoxy) is 1. The zero-order chi connectivity index (χ0) is 20.8. The Morgan fingerprint density at radius 3 is 2.43 bits per heavy atom. The van der Waals surface area contributed by atoms with Gasteiger partial charge in [0.2, 0.25) is 5.88 Å². The van der Waals surface area contributed by atoms with Gasteiger partial charge in [-0.1, -0.05) is 18.2 Å². The zero-order valence-electron chi connectivity index (χ0n) is 15.9. The highest BCUT2D eigenvalue weighted by Crippen LogP contribution is 2.19. The van der Waals surface area contributed by atoms with E-state index in [0.717, 1.165) is 11.1 Å². The molecular weight excluding hydrogens is 385 g/mol. The Hall–Kier alpha value is -4.07. The zero-order valence-corrected chi connectivity index (χ0v) is 15.9. The van der Waals surface area contributed by atoms with Crippen LogP contribution in [0.25, 0.3) is 0 Å². The Kier molecular flexibility index (Phi) is 5.75. The van der Waals surface area contributed by atoms with Crippen LogP contribution in [0, 0.1) is 5.82 Å². The summed E-state index contributed by atoms with van der Waals surface area (Å²) in [6.45, 7) is 0.934. The third-order valence-corrected chi connectivity index (χ3v) is 4.31. The summed E-state index contributed by atoms with van der Waals surface area (Å²) in [4.78, 5) is 20.5. The number of hydrogen-bond donors (Lipinski definition) is 1. The minimum Gasteiger partial charge on any atom is -0.439 e. The number of halogens is 1. The normalized spacial score (nSPS) is 10.6. The van der Waals surface area contributed by atoms with E-state index in [0.29, 0.717) is 30.3 Å². The number of amides is 1. The van der Waals surface area contributed by atoms with Crippen LogP contribution in [0.15, 0.2) is 79.5 Å². The van der Waals surface area contributed by atoms with Gasteiger partial charge < -0.3 is 10.1 Å². The van der Waals surface area contributed by atoms with Crippen molar-refractivity contribution in [3.63, 3.8) is 0 Å². The van der Waals surface area contributed by atoms with E-state index in [-0.39, 0.29) is 11.7 Å². The molecule has 1 amide bonds. The van der Waals surface area contributed by atoms with E-state index >= 15 is 0 Å². The molecule has 4 rings (SSSR count). The lowest BCUT2D eigenvalue weighted by Crippen LogP contribution is -2.22. The third kappa shape index (κ3) is 5.05. The quantitative estimate of drug-likeness (QED) is 0.510. The SMILES string of the molecule is O=C(NCc1ccc(Oc2ccc(F)cc2)nc1)c1ccc(Cn2cncn2)cc1. The molecule has 0 aliphatic carbocycles. The molecule has 2 heterocycles. The van der Waals surface area contributed by atoms with Crippen molar-refractivity contribution >= 4 is 5.91 Å². The molecule has 8 heteroatoms. The van der Waals surface area contributed by atoms with Crippen LogP contribution in [0.4, 0.5) is 4.39 Å². The Morgan fingerprint density at radius 1 is 1.00 bits per heavy atom. The highest BCUT2D eigenvalue weighted by atomic mass is 19.1. The smallest absolute Gasteiger partial charge is 0.251 e. The summed E-state index contributed by atoms with van der Waals surface area (Å²) in [6, 6.07) is 16.5. The number of nitrogens with one attached hydrogen (secondary N) is 1. The first-order chi connectivity index (χ1) is 14.7. The topological polar surface area (TPSA) is 81.9 Å². The van der Waals surface area contributed by atoms with Crippen molar-refractivity contribution in [1.82, 2.24) is 25.1 Å². The average Bonchev–Trinajstić information content (AvgIpc) is 3.28. The number of benzene rings is 2. The van der Waals surface area contributed by atoms with Crippen LogP contribution >= 0.6 is 0 Å². The molecule has 0 spiro atoms. The second-order valence-corrected chi connectivity index (χ2v) is 6.53. The molecule has 0 bridgehead atoms. The van der Waals surface area contributed by atoms with Crippen LogP contribution in [0.2, 0.25) is 0 Å². The van der Waals surface area contributed by atoms with E-state index in [4.69, 9.17) is 4.74 Å². The Morgan fingerprint density at radius 2 is 1.77 bits per heavy atom. The van der Waals surface area contributed by atoms with Crippen molar-refractivity contribution < 1.29 is 13.9 Å². The van der Waals surface area contributed by atoms with E-state index < -0.39 is 0 Å². The Balaban J connectivity index is 1.29. The largest absolute Gasteiger partial charge is 0.439 e. The van der Waals surface area contributed by atoms with Crippen molar-refractivity contribution in [2.75, 3.05) is 0 Å². The predicted molar refractivity (Wildman–Crippen MR) is 107 cm³/mol. The van der Waals surface area contributed by atoms with Crippen molar-refractivity contribution in [3.05, 3.63) is 102 Å². The lowest BCUT2D eigenvalue weighted by molar-refractivity contribution is 0.0951. The maximum atomic E-state index is 12.9. The molecule has 0 unspecified atom stereocenters. The number of carbonyl (C=O) groups is 1. The first-order valence-corrected chi connectivity index (χ1v) is 9.23. The van der Waals surface area contributed by atoms with Crippen LogP contribution in [0.5, 0.6) is 11.6 Å². The number of pyridine rings is 1. The number of rotatable bonds is 7. The molecule has 0 atom stereocenters. The highest BCUT2D eigenvalue weighted by Gasteiger charge is 2.07. The second-order valence-electron chi connectivity index (χ2n) is 6.53. The second kappa shape index (κ2) is 8.95. The van der Waals surface area contributed by atoms with Crippen molar-refractivity contribution in [2.45, 2.75) is 13.1 Å². The van der Waals surface area contributed by atoms with Gasteiger partial charge in [0.05, 0.1) is 6.54 Å². The summed E-state index contributed by atoms with van der Waals surface area (Å²) in [6.07, 6.45) is 4.75. The van der Waals surface area contributed by atoms with Crippen molar-refractivity contribution in [1.29, 1.82) is 0 Å². The lowest BCUT2D eigenvalue weighted by atomic mass is 10.1. The summed E-state index contributed by atoms with van der Waals surface area (Å²) in [5.41, 5.74) is 2.43. The van der Waals surface area contributed by atoms with E-state index in [9.17, 15) is 9.18 Å². The van der Waals surface area contributed by atoms with Gasteiger partial charge >= 0.3 is 0 Å². The van der Waals surface area contributed by atoms with Crippen LogP contribution < -0.4 is 10.1 Å². The van der Waals surface area contributed by atoms with Gasteiger partial charge in [-0.25, -0.2) is 19.0 Å². The first kappa shape index (κ1) is 19.3. The van der Waals surface area contributed by atoms with Crippen LogP contribution in [-0.2, 0) is 13.1 Å². The Bertz CT molecular complexity index is 1100. The van der Waals surface area contributed by atoms with Crippen molar-refractivity contribution in [3.8, 4) is 11.6 Å². The number of aromatic nitrogens is 4. The maximum absolute atomic E-state index is 12.9. The van der Waals surface area contributed by atoms with E-state index in [1.54, 1.807) is 35.4 Å². The average molecular weight is 403 g/mol. The van der Waals surface area contributed by atoms with Gasteiger partial charge in [-0.2, -0.15) is 5.10 Å². The lowest BCUT2D eigenvalue weighted by Gasteiger charge is -2.08. The van der Waals surface area contributed by atoms with Gasteiger partial charge in [-0.05, 0) is 47.5 Å². The fourth-order valence-electron chi connectivity index (χ4n) is 2.75. The van der Waals surface area contributed by atoms with Crippen LogP contribution in [0.1, 0.15) is 21.5 Å². The fraction of sp³-hybridized carbons (Fsp3) is 0.0909. The molecule has 0 radical (unpaired) electrons. The molecule has 0 saturated carbocycles. The molecule has 0 fully saturated rings. The highest BCUT2D eigenvalue weighted by molar-refractivity contribution is 5.94. The maximum Gasteiger partial charge on any atom is 0.251 e. The summed E-state index contributed by atoms with van der Waals surface area (Å²) < 4.78 is 20.2. The van der Waals surface area contributed by atoms with Crippen LogP contribution in [0.3, 0.4) is 0 Å². The summed E-state index contributed by atoms with van der Waals surface area (Å²) >= 11 is 0. The molecule has 0 saturated heterocycles. The van der Waals surface area contributed by atoms with Gasteiger partial charge in [0, 0.05) is 24.4 Å². The number of carbonyl (C=O) groups excluding carboxylic acids is 1. The molecule has 0 aliphatic rings. The van der Waals surface area contributed by atoms with Gasteiger partial charge in [0.25, 0.3) is 5.91 Å². The van der Waals surface area contributed by atoms with Gasteiger partial charge in [-0.15, -0.1) is 0 Å². The molecule has 30 heavy (non-hydrogen) atoms. The molecule has 2 aromatic heterocycles. The molecule has 7 nitrogen and oxygen atoms in total. The molecule has 0 aliphatic heterocycles. The van der Waals surface area contributed by atoms with Gasteiger partial charge in [-0.3, -0.25) is 4.79 Å². The van der Waals surface area contributed by atoms with Gasteiger partial charge in [0.1, 0.15) is 24.2 Å². The fourth-order valence-corrected chi connectivity index (χ4v) is 2.75. The molecule has 150 valence electrons. The molecule has 2 aromatic carbocycles. The van der Waals surface area contributed by atoms with Gasteiger partial charge in [0.15, 0.2) is 0 Å². The molecule has 1 N–H and O–H groups in total. The summed E-state index contributed by atoms with van der Waals surface area (Å²) in [5, 5.41) is 6.93. The minimum absolute atomic E-state index is 0.172. The number of nitrogens with zero attached hydrogens (tertiary/aromatic N) is 4. The van der Waals surface area contributed by atoms with Crippen molar-refractivity contribution in [2.24, 2.45) is 0 Å². The summed E-state index contributed by atoms with van der Waals surface area (Å²) in [5.74, 6) is 0.386. The van der Waals surface area contributed by atoms with E-state index in [1.165, 1.54) is 30.6 Å². The number of hydrogen-bond acceptors (Lipinski definition) is 5. The van der Waals surface area contributed by atoms with E-state index in [2.05, 4.69) is 20.4 Å². The summed E-state index contributed by atoms with van der Waals surface area (Å²) in [7, 11) is 0. The minimum atomic E-state index is -0.328. The molecule has 4 aromatic rings.